The van der Waals surface area contributed by atoms with Crippen LogP contribution in [0.25, 0.3) is 10.9 Å². The van der Waals surface area contributed by atoms with Crippen molar-refractivity contribution in [2.75, 3.05) is 7.11 Å². The molecule has 4 heteroatoms. The van der Waals surface area contributed by atoms with Crippen LogP contribution in [0.2, 0.25) is 0 Å². The molecule has 0 spiro atoms. The molecule has 0 aliphatic heterocycles. The molecule has 0 aliphatic rings. The van der Waals surface area contributed by atoms with Crippen LogP contribution >= 0.6 is 0 Å². The van der Waals surface area contributed by atoms with E-state index in [1.165, 1.54) is 0 Å². The third-order valence-corrected chi connectivity index (χ3v) is 2.10. The van der Waals surface area contributed by atoms with Gasteiger partial charge in [-0.15, -0.1) is 0 Å². The van der Waals surface area contributed by atoms with Crippen molar-refractivity contribution in [1.29, 1.82) is 0 Å². The van der Waals surface area contributed by atoms with Crippen LogP contribution in [0.5, 0.6) is 5.88 Å². The monoisotopic (exact) mass is 189 g/mol. The standard InChI is InChI=1S/C10H11N3O/c1-6-4-8-9(10(13-6)14-3)7(2)11-5-12-8/h4-5H,1-3H3. The average molecular weight is 189 g/mol. The molecule has 2 rings (SSSR count). The Morgan fingerprint density at radius 2 is 2.00 bits per heavy atom. The molecule has 0 radical (unpaired) electrons. The molecule has 14 heavy (non-hydrogen) atoms. The summed E-state index contributed by atoms with van der Waals surface area (Å²) >= 11 is 0. The van der Waals surface area contributed by atoms with E-state index in [2.05, 4.69) is 15.0 Å². The number of methoxy groups -OCH3 is 1. The summed E-state index contributed by atoms with van der Waals surface area (Å²) in [5.74, 6) is 0.595. The third-order valence-electron chi connectivity index (χ3n) is 2.10. The first-order valence-electron chi connectivity index (χ1n) is 4.35. The minimum absolute atomic E-state index is 0.595. The van der Waals surface area contributed by atoms with Crippen molar-refractivity contribution in [2.45, 2.75) is 13.8 Å². The largest absolute Gasteiger partial charge is 0.480 e. The maximum absolute atomic E-state index is 5.20. The molecule has 72 valence electrons. The van der Waals surface area contributed by atoms with Gasteiger partial charge in [0, 0.05) is 5.69 Å². The Kier molecular flexibility index (Phi) is 2.04. The van der Waals surface area contributed by atoms with Crippen LogP contribution in [0.4, 0.5) is 0 Å². The van der Waals surface area contributed by atoms with Gasteiger partial charge in [-0.25, -0.2) is 15.0 Å². The van der Waals surface area contributed by atoms with Gasteiger partial charge in [0.1, 0.15) is 6.33 Å². The van der Waals surface area contributed by atoms with E-state index in [0.29, 0.717) is 5.88 Å². The van der Waals surface area contributed by atoms with Crippen LogP contribution in [0.15, 0.2) is 12.4 Å². The molecule has 0 bridgehead atoms. The van der Waals surface area contributed by atoms with E-state index in [1.807, 2.05) is 19.9 Å². The van der Waals surface area contributed by atoms with Gasteiger partial charge in [0.2, 0.25) is 5.88 Å². The lowest BCUT2D eigenvalue weighted by Crippen LogP contribution is -1.96. The van der Waals surface area contributed by atoms with Gasteiger partial charge in [-0.1, -0.05) is 0 Å². The van der Waals surface area contributed by atoms with E-state index in [-0.39, 0.29) is 0 Å². The van der Waals surface area contributed by atoms with Gasteiger partial charge < -0.3 is 4.74 Å². The Balaban J connectivity index is 2.88. The predicted octanol–water partition coefficient (Wildman–Crippen LogP) is 1.65. The molecule has 0 saturated carbocycles. The highest BCUT2D eigenvalue weighted by Gasteiger charge is 2.08. The van der Waals surface area contributed by atoms with Crippen molar-refractivity contribution in [1.82, 2.24) is 15.0 Å². The van der Waals surface area contributed by atoms with E-state index >= 15 is 0 Å². The maximum Gasteiger partial charge on any atom is 0.224 e. The second-order valence-corrected chi connectivity index (χ2v) is 3.13. The number of aromatic nitrogens is 3. The third kappa shape index (κ3) is 1.28. The number of hydrogen-bond acceptors (Lipinski definition) is 4. The SMILES string of the molecule is COc1nc(C)cc2ncnc(C)c12. The second kappa shape index (κ2) is 3.21. The van der Waals surface area contributed by atoms with Crippen molar-refractivity contribution >= 4 is 10.9 Å². The molecule has 0 saturated heterocycles. The van der Waals surface area contributed by atoms with E-state index in [9.17, 15) is 0 Å². The Labute approximate surface area is 82.0 Å². The summed E-state index contributed by atoms with van der Waals surface area (Å²) in [6.07, 6.45) is 1.55. The molecular formula is C10H11N3O. The molecule has 0 atom stereocenters. The zero-order chi connectivity index (χ0) is 10.1. The van der Waals surface area contributed by atoms with Gasteiger partial charge >= 0.3 is 0 Å². The molecule has 0 aromatic carbocycles. The van der Waals surface area contributed by atoms with Crippen LogP contribution in [-0.4, -0.2) is 22.1 Å². The van der Waals surface area contributed by atoms with Crippen LogP contribution < -0.4 is 4.74 Å². The molecule has 0 unspecified atom stereocenters. The Bertz CT molecular complexity index is 482. The van der Waals surface area contributed by atoms with E-state index in [0.717, 1.165) is 22.3 Å². The molecule has 0 N–H and O–H groups in total. The normalized spacial score (nSPS) is 10.5. The van der Waals surface area contributed by atoms with Gasteiger partial charge in [0.25, 0.3) is 0 Å². The lowest BCUT2D eigenvalue weighted by Gasteiger charge is -2.06. The summed E-state index contributed by atoms with van der Waals surface area (Å²) in [5, 5.41) is 0.889. The first-order valence-corrected chi connectivity index (χ1v) is 4.35. The van der Waals surface area contributed by atoms with Crippen molar-refractivity contribution in [3.05, 3.63) is 23.8 Å². The van der Waals surface area contributed by atoms with E-state index < -0.39 is 0 Å². The quantitative estimate of drug-likeness (QED) is 0.684. The lowest BCUT2D eigenvalue weighted by atomic mass is 10.2. The van der Waals surface area contributed by atoms with E-state index in [1.54, 1.807) is 13.4 Å². The van der Waals surface area contributed by atoms with E-state index in [4.69, 9.17) is 4.74 Å². The van der Waals surface area contributed by atoms with Crippen molar-refractivity contribution in [3.63, 3.8) is 0 Å². The Morgan fingerprint density at radius 3 is 2.71 bits per heavy atom. The number of rotatable bonds is 1. The average Bonchev–Trinajstić information content (AvgIpc) is 2.16. The lowest BCUT2D eigenvalue weighted by molar-refractivity contribution is 0.402. The van der Waals surface area contributed by atoms with Crippen molar-refractivity contribution < 1.29 is 4.74 Å². The molecule has 4 nitrogen and oxygen atoms in total. The first-order chi connectivity index (χ1) is 6.72. The van der Waals surface area contributed by atoms with Crippen LogP contribution in [0.3, 0.4) is 0 Å². The summed E-state index contributed by atoms with van der Waals surface area (Å²) in [7, 11) is 1.60. The summed E-state index contributed by atoms with van der Waals surface area (Å²) in [5.41, 5.74) is 2.66. The van der Waals surface area contributed by atoms with Gasteiger partial charge in [0.15, 0.2) is 0 Å². The number of hydrogen-bond donors (Lipinski definition) is 0. The van der Waals surface area contributed by atoms with Gasteiger partial charge in [-0.05, 0) is 19.9 Å². The minimum Gasteiger partial charge on any atom is -0.480 e. The molecule has 0 aliphatic carbocycles. The van der Waals surface area contributed by atoms with Crippen molar-refractivity contribution in [3.8, 4) is 5.88 Å². The first kappa shape index (κ1) is 8.87. The van der Waals surface area contributed by atoms with Gasteiger partial charge in [-0.2, -0.15) is 0 Å². The molecule has 0 fully saturated rings. The summed E-state index contributed by atoms with van der Waals surface area (Å²) in [4.78, 5) is 12.6. The highest BCUT2D eigenvalue weighted by atomic mass is 16.5. The number of fused-ring (bicyclic) bond motifs is 1. The summed E-state index contributed by atoms with van der Waals surface area (Å²) in [6.45, 7) is 3.84. The van der Waals surface area contributed by atoms with Crippen molar-refractivity contribution in [2.24, 2.45) is 0 Å². The molecule has 2 aromatic heterocycles. The highest BCUT2D eigenvalue weighted by Crippen LogP contribution is 2.24. The molecule has 0 amide bonds. The van der Waals surface area contributed by atoms with Gasteiger partial charge in [0.05, 0.1) is 23.7 Å². The number of ether oxygens (including phenoxy) is 1. The Morgan fingerprint density at radius 1 is 1.21 bits per heavy atom. The molecular weight excluding hydrogens is 178 g/mol. The molecule has 2 aromatic rings. The maximum atomic E-state index is 5.20. The number of pyridine rings is 1. The number of aryl methyl sites for hydroxylation is 2. The smallest absolute Gasteiger partial charge is 0.224 e. The summed E-state index contributed by atoms with van der Waals surface area (Å²) in [6, 6.07) is 1.92. The van der Waals surface area contributed by atoms with Crippen LogP contribution in [0, 0.1) is 13.8 Å². The second-order valence-electron chi connectivity index (χ2n) is 3.13. The fraction of sp³-hybridized carbons (Fsp3) is 0.300. The minimum atomic E-state index is 0.595. The van der Waals surface area contributed by atoms with Crippen LogP contribution in [-0.2, 0) is 0 Å². The zero-order valence-corrected chi connectivity index (χ0v) is 8.40. The fourth-order valence-electron chi connectivity index (χ4n) is 1.46. The fourth-order valence-corrected chi connectivity index (χ4v) is 1.46. The number of nitrogens with zero attached hydrogens (tertiary/aromatic N) is 3. The van der Waals surface area contributed by atoms with Crippen LogP contribution in [0.1, 0.15) is 11.4 Å². The highest BCUT2D eigenvalue weighted by molar-refractivity contribution is 5.85. The Hall–Kier alpha value is -1.71. The summed E-state index contributed by atoms with van der Waals surface area (Å²) < 4.78 is 5.20. The zero-order valence-electron chi connectivity index (χ0n) is 8.40. The topological polar surface area (TPSA) is 47.9 Å². The molecule has 2 heterocycles. The predicted molar refractivity (Wildman–Crippen MR) is 53.4 cm³/mol. The van der Waals surface area contributed by atoms with Gasteiger partial charge in [-0.3, -0.25) is 0 Å².